The van der Waals surface area contributed by atoms with Crippen LogP contribution < -0.4 is 9.47 Å². The number of carbonyl (C=O) groups excluding carboxylic acids is 1. The second-order valence-electron chi connectivity index (χ2n) is 4.27. The molecule has 0 radical (unpaired) electrons. The lowest BCUT2D eigenvalue weighted by Gasteiger charge is -2.13. The molecule has 0 aromatic heterocycles. The number of esters is 1. The van der Waals surface area contributed by atoms with Gasteiger partial charge in [-0.3, -0.25) is 0 Å². The number of methoxy groups -OCH3 is 2. The fourth-order valence-electron chi connectivity index (χ4n) is 2.08. The minimum absolute atomic E-state index is 0.0689. The number of hydrogen-bond acceptors (Lipinski definition) is 5. The normalized spacial score (nSPS) is 18.8. The lowest BCUT2D eigenvalue weighted by Crippen LogP contribution is -2.13. The maximum atomic E-state index is 11.3. The molecular formula is C13H16O5. The van der Waals surface area contributed by atoms with Crippen molar-refractivity contribution in [1.82, 2.24) is 0 Å². The van der Waals surface area contributed by atoms with Crippen LogP contribution in [-0.4, -0.2) is 31.4 Å². The van der Waals surface area contributed by atoms with Gasteiger partial charge in [-0.1, -0.05) is 0 Å². The van der Waals surface area contributed by atoms with Crippen molar-refractivity contribution >= 4 is 5.97 Å². The van der Waals surface area contributed by atoms with Crippen LogP contribution in [0.5, 0.6) is 11.5 Å². The van der Waals surface area contributed by atoms with E-state index in [4.69, 9.17) is 9.47 Å². The van der Waals surface area contributed by atoms with Crippen LogP contribution in [-0.2, 0) is 16.0 Å². The molecule has 1 N–H and O–H groups in total. The van der Waals surface area contributed by atoms with Gasteiger partial charge in [-0.15, -0.1) is 0 Å². The molecule has 18 heavy (non-hydrogen) atoms. The van der Waals surface area contributed by atoms with Crippen molar-refractivity contribution in [1.29, 1.82) is 0 Å². The van der Waals surface area contributed by atoms with Crippen LogP contribution in [0.2, 0.25) is 0 Å². The number of aliphatic hydroxyl groups is 1. The Kier molecular flexibility index (Phi) is 3.43. The fraction of sp³-hybridized carbons (Fsp3) is 0.462. The molecule has 0 amide bonds. The fourth-order valence-corrected chi connectivity index (χ4v) is 2.08. The van der Waals surface area contributed by atoms with Crippen molar-refractivity contribution in [3.8, 4) is 11.5 Å². The summed E-state index contributed by atoms with van der Waals surface area (Å²) in [5.41, 5.74) is 1.38. The number of benzene rings is 1. The molecule has 0 saturated carbocycles. The van der Waals surface area contributed by atoms with Crippen molar-refractivity contribution in [2.75, 3.05) is 14.2 Å². The highest BCUT2D eigenvalue weighted by Gasteiger charge is 2.27. The van der Waals surface area contributed by atoms with E-state index in [1.807, 2.05) is 6.92 Å². The van der Waals surface area contributed by atoms with E-state index in [2.05, 4.69) is 4.74 Å². The molecule has 0 bridgehead atoms. The van der Waals surface area contributed by atoms with Gasteiger partial charge in [0.25, 0.3) is 0 Å². The Morgan fingerprint density at radius 3 is 2.83 bits per heavy atom. The maximum absolute atomic E-state index is 11.3. The summed E-state index contributed by atoms with van der Waals surface area (Å²) >= 11 is 0. The minimum Gasteiger partial charge on any atom is -0.493 e. The van der Waals surface area contributed by atoms with Gasteiger partial charge in [0.05, 0.1) is 14.2 Å². The van der Waals surface area contributed by atoms with Crippen LogP contribution in [0.1, 0.15) is 24.2 Å². The third kappa shape index (κ3) is 2.13. The van der Waals surface area contributed by atoms with Gasteiger partial charge < -0.3 is 19.3 Å². The number of rotatable bonds is 3. The summed E-state index contributed by atoms with van der Waals surface area (Å²) in [6.45, 7) is 1.95. The lowest BCUT2D eigenvalue weighted by molar-refractivity contribution is -0.150. The molecule has 2 rings (SSSR count). The minimum atomic E-state index is -1.30. The molecule has 5 heteroatoms. The third-order valence-electron chi connectivity index (χ3n) is 2.94. The van der Waals surface area contributed by atoms with Gasteiger partial charge in [-0.2, -0.15) is 0 Å². The number of fused-ring (bicyclic) bond motifs is 1. The highest BCUT2D eigenvalue weighted by molar-refractivity contribution is 5.76. The summed E-state index contributed by atoms with van der Waals surface area (Å²) in [6.07, 6.45) is -0.502. The predicted octanol–water partition coefficient (Wildman–Crippen LogP) is 1.22. The Labute approximate surface area is 105 Å². The van der Waals surface area contributed by atoms with Gasteiger partial charge in [-0.05, 0) is 24.6 Å². The van der Waals surface area contributed by atoms with Crippen molar-refractivity contribution in [3.63, 3.8) is 0 Å². The molecule has 1 aliphatic heterocycles. The smallest absolute Gasteiger partial charge is 0.339 e. The number of ether oxygens (including phenoxy) is 3. The van der Waals surface area contributed by atoms with E-state index in [1.54, 1.807) is 12.1 Å². The Balaban J connectivity index is 2.40. The molecule has 1 heterocycles. The quantitative estimate of drug-likeness (QED) is 0.819. The SMILES string of the molecule is COC(=O)C(O)c1cc2c(c(OC)c1)OC(C)C2. The van der Waals surface area contributed by atoms with Crippen molar-refractivity contribution in [3.05, 3.63) is 23.3 Å². The zero-order valence-corrected chi connectivity index (χ0v) is 10.6. The first-order valence-electron chi connectivity index (χ1n) is 5.70. The van der Waals surface area contributed by atoms with Crippen molar-refractivity contribution in [2.45, 2.75) is 25.6 Å². The molecule has 0 aliphatic carbocycles. The standard InChI is InChI=1S/C13H16O5/c1-7-4-9-5-8(11(14)13(15)17-3)6-10(16-2)12(9)18-7/h5-7,11,14H,4H2,1-3H3. The summed E-state index contributed by atoms with van der Waals surface area (Å²) in [5, 5.41) is 9.84. The van der Waals surface area contributed by atoms with Crippen LogP contribution in [0.3, 0.4) is 0 Å². The molecule has 1 aromatic rings. The molecule has 1 aromatic carbocycles. The zero-order chi connectivity index (χ0) is 13.3. The molecule has 0 spiro atoms. The van der Waals surface area contributed by atoms with Crippen LogP contribution in [0.25, 0.3) is 0 Å². The molecule has 0 saturated heterocycles. The maximum Gasteiger partial charge on any atom is 0.339 e. The largest absolute Gasteiger partial charge is 0.493 e. The summed E-state index contributed by atoms with van der Waals surface area (Å²) in [4.78, 5) is 11.3. The third-order valence-corrected chi connectivity index (χ3v) is 2.94. The summed E-state index contributed by atoms with van der Waals surface area (Å²) in [5.74, 6) is 0.518. The second-order valence-corrected chi connectivity index (χ2v) is 4.27. The Hall–Kier alpha value is -1.75. The Morgan fingerprint density at radius 1 is 1.50 bits per heavy atom. The summed E-state index contributed by atoms with van der Waals surface area (Å²) in [6, 6.07) is 3.35. The molecular weight excluding hydrogens is 236 g/mol. The Morgan fingerprint density at radius 2 is 2.22 bits per heavy atom. The molecule has 2 atom stereocenters. The first-order valence-corrected chi connectivity index (χ1v) is 5.70. The van der Waals surface area contributed by atoms with E-state index >= 15 is 0 Å². The van der Waals surface area contributed by atoms with E-state index in [0.29, 0.717) is 17.1 Å². The molecule has 2 unspecified atom stereocenters. The first-order chi connectivity index (χ1) is 8.56. The van der Waals surface area contributed by atoms with Gasteiger partial charge >= 0.3 is 5.97 Å². The molecule has 5 nitrogen and oxygen atoms in total. The van der Waals surface area contributed by atoms with Crippen LogP contribution in [0.4, 0.5) is 0 Å². The number of carbonyl (C=O) groups is 1. The zero-order valence-electron chi connectivity index (χ0n) is 10.6. The van der Waals surface area contributed by atoms with E-state index in [1.165, 1.54) is 14.2 Å². The molecule has 98 valence electrons. The van der Waals surface area contributed by atoms with Gasteiger partial charge in [0.15, 0.2) is 17.6 Å². The highest BCUT2D eigenvalue weighted by Crippen LogP contribution is 2.40. The summed E-state index contributed by atoms with van der Waals surface area (Å²) in [7, 11) is 2.76. The van der Waals surface area contributed by atoms with Crippen LogP contribution >= 0.6 is 0 Å². The van der Waals surface area contributed by atoms with E-state index < -0.39 is 12.1 Å². The van der Waals surface area contributed by atoms with Gasteiger partial charge in [0.2, 0.25) is 0 Å². The second kappa shape index (κ2) is 4.86. The summed E-state index contributed by atoms with van der Waals surface area (Å²) < 4.78 is 15.4. The first kappa shape index (κ1) is 12.7. The average molecular weight is 252 g/mol. The van der Waals surface area contributed by atoms with Crippen molar-refractivity contribution < 1.29 is 24.1 Å². The topological polar surface area (TPSA) is 65.0 Å². The number of hydrogen-bond donors (Lipinski definition) is 1. The van der Waals surface area contributed by atoms with Gasteiger partial charge in [0, 0.05) is 12.0 Å². The monoisotopic (exact) mass is 252 g/mol. The predicted molar refractivity (Wildman–Crippen MR) is 63.8 cm³/mol. The van der Waals surface area contributed by atoms with Crippen LogP contribution in [0.15, 0.2) is 12.1 Å². The number of aliphatic hydroxyl groups excluding tert-OH is 1. The molecule has 1 aliphatic rings. The highest BCUT2D eigenvalue weighted by atomic mass is 16.5. The van der Waals surface area contributed by atoms with Gasteiger partial charge in [0.1, 0.15) is 6.10 Å². The lowest BCUT2D eigenvalue weighted by atomic mass is 10.0. The van der Waals surface area contributed by atoms with Gasteiger partial charge in [-0.25, -0.2) is 4.79 Å². The van der Waals surface area contributed by atoms with E-state index in [9.17, 15) is 9.90 Å². The molecule has 0 fully saturated rings. The average Bonchev–Trinajstić information content (AvgIpc) is 2.75. The Bertz CT molecular complexity index is 469. The van der Waals surface area contributed by atoms with Crippen molar-refractivity contribution in [2.24, 2.45) is 0 Å². The van der Waals surface area contributed by atoms with E-state index in [-0.39, 0.29) is 6.10 Å². The van der Waals surface area contributed by atoms with E-state index in [0.717, 1.165) is 12.0 Å². The van der Waals surface area contributed by atoms with Crippen LogP contribution in [0, 0.1) is 0 Å².